The van der Waals surface area contributed by atoms with E-state index in [1.807, 2.05) is 0 Å². The van der Waals surface area contributed by atoms with Crippen molar-refractivity contribution in [3.8, 4) is 0 Å². The highest BCUT2D eigenvalue weighted by atomic mass is 16.5. The molecule has 0 aliphatic rings. The van der Waals surface area contributed by atoms with Gasteiger partial charge in [0, 0.05) is 13.7 Å². The Bertz CT molecular complexity index is 514. The first-order chi connectivity index (χ1) is 8.70. The van der Waals surface area contributed by atoms with Gasteiger partial charge in [0.15, 0.2) is 11.5 Å². The fourth-order valence-electron chi connectivity index (χ4n) is 1.61. The summed E-state index contributed by atoms with van der Waals surface area (Å²) in [7, 11) is 1.55. The highest BCUT2D eigenvalue weighted by molar-refractivity contribution is 5.83. The second kappa shape index (κ2) is 5.61. The van der Waals surface area contributed by atoms with Crippen LogP contribution in [0.15, 0.2) is 6.33 Å². The number of nitrogen functional groups attached to an aromatic ring is 1. The van der Waals surface area contributed by atoms with Gasteiger partial charge >= 0.3 is 0 Å². The van der Waals surface area contributed by atoms with E-state index in [1.54, 1.807) is 7.11 Å². The molecule has 98 valence electrons. The van der Waals surface area contributed by atoms with Gasteiger partial charge in [-0.05, 0) is 6.42 Å². The number of nitrogens with one attached hydrogen (secondary N) is 2. The minimum atomic E-state index is -0.501. The lowest BCUT2D eigenvalue weighted by Crippen LogP contribution is -2.19. The number of aromatic amines is 1. The Hall–Kier alpha value is -1.93. The molecule has 2 aromatic rings. The molecule has 5 N–H and O–H groups in total. The molecule has 0 saturated carbocycles. The van der Waals surface area contributed by atoms with Crippen molar-refractivity contribution >= 4 is 22.9 Å². The molecule has 0 bridgehead atoms. The van der Waals surface area contributed by atoms with Gasteiger partial charge in [-0.1, -0.05) is 0 Å². The van der Waals surface area contributed by atoms with Crippen molar-refractivity contribution < 1.29 is 9.84 Å². The molecule has 0 saturated heterocycles. The molecule has 0 aromatic carbocycles. The summed E-state index contributed by atoms with van der Waals surface area (Å²) >= 11 is 0. The van der Waals surface area contributed by atoms with Crippen LogP contribution in [0.4, 0.5) is 11.8 Å². The molecule has 0 aliphatic carbocycles. The summed E-state index contributed by atoms with van der Waals surface area (Å²) in [5.74, 6) is 0.745. The number of rotatable bonds is 6. The van der Waals surface area contributed by atoms with E-state index in [0.29, 0.717) is 36.6 Å². The number of fused-ring (bicyclic) bond motifs is 1. The van der Waals surface area contributed by atoms with E-state index in [9.17, 15) is 5.11 Å². The van der Waals surface area contributed by atoms with Crippen LogP contribution in [0.2, 0.25) is 0 Å². The first-order valence-corrected chi connectivity index (χ1v) is 5.58. The van der Waals surface area contributed by atoms with Gasteiger partial charge in [-0.2, -0.15) is 9.97 Å². The number of H-pyrrole nitrogens is 1. The smallest absolute Gasteiger partial charge is 0.224 e. The molecule has 18 heavy (non-hydrogen) atoms. The van der Waals surface area contributed by atoms with Crippen molar-refractivity contribution in [1.82, 2.24) is 19.9 Å². The van der Waals surface area contributed by atoms with Crippen LogP contribution in [-0.2, 0) is 4.74 Å². The van der Waals surface area contributed by atoms with Crippen molar-refractivity contribution in [2.45, 2.75) is 12.5 Å². The summed E-state index contributed by atoms with van der Waals surface area (Å²) in [4.78, 5) is 15.0. The van der Waals surface area contributed by atoms with Crippen LogP contribution in [0.5, 0.6) is 0 Å². The Morgan fingerprint density at radius 1 is 1.56 bits per heavy atom. The number of aromatic nitrogens is 4. The highest BCUT2D eigenvalue weighted by Crippen LogP contribution is 2.17. The average Bonchev–Trinajstić information content (AvgIpc) is 2.77. The van der Waals surface area contributed by atoms with Crippen LogP contribution < -0.4 is 11.1 Å². The number of imidazole rings is 1. The Kier molecular flexibility index (Phi) is 3.90. The summed E-state index contributed by atoms with van der Waals surface area (Å²) < 4.78 is 4.84. The van der Waals surface area contributed by atoms with Crippen molar-refractivity contribution in [2.24, 2.45) is 0 Å². The first kappa shape index (κ1) is 12.5. The number of methoxy groups -OCH3 is 1. The third kappa shape index (κ3) is 2.84. The normalized spacial score (nSPS) is 12.8. The Morgan fingerprint density at radius 3 is 3.17 bits per heavy atom. The summed E-state index contributed by atoms with van der Waals surface area (Å²) in [6.45, 7) is 0.863. The molecule has 0 amide bonds. The minimum absolute atomic E-state index is 0.162. The van der Waals surface area contributed by atoms with Gasteiger partial charge in [0.05, 0.1) is 19.0 Å². The number of aliphatic hydroxyl groups excluding tert-OH is 1. The quantitative estimate of drug-likeness (QED) is 0.559. The minimum Gasteiger partial charge on any atom is -0.391 e. The first-order valence-electron chi connectivity index (χ1n) is 5.58. The van der Waals surface area contributed by atoms with Gasteiger partial charge in [0.2, 0.25) is 5.95 Å². The summed E-state index contributed by atoms with van der Waals surface area (Å²) in [6.07, 6.45) is 1.58. The number of nitrogens with zero attached hydrogens (tertiary/aromatic N) is 3. The number of hydrogen-bond acceptors (Lipinski definition) is 7. The van der Waals surface area contributed by atoms with E-state index in [1.165, 1.54) is 6.33 Å². The van der Waals surface area contributed by atoms with Crippen LogP contribution in [0.1, 0.15) is 6.42 Å². The number of aliphatic hydroxyl groups is 1. The third-order valence-corrected chi connectivity index (χ3v) is 2.43. The van der Waals surface area contributed by atoms with Gasteiger partial charge in [-0.25, -0.2) is 4.98 Å². The number of anilines is 2. The Balaban J connectivity index is 2.00. The standard InChI is InChI=1S/C10H16N6O2/c1-18-4-6(17)2-3-12-8-7-9(14-5-13-7)16-10(11)15-8/h5-6,17H,2-4H2,1H3,(H4,11,12,13,14,15,16). The van der Waals surface area contributed by atoms with E-state index >= 15 is 0 Å². The molecular formula is C10H16N6O2. The van der Waals surface area contributed by atoms with E-state index in [2.05, 4.69) is 25.3 Å². The fourth-order valence-corrected chi connectivity index (χ4v) is 1.61. The molecule has 0 aliphatic heterocycles. The number of hydrogen-bond donors (Lipinski definition) is 4. The molecule has 0 radical (unpaired) electrons. The maximum Gasteiger partial charge on any atom is 0.224 e. The molecule has 0 fully saturated rings. The predicted octanol–water partition coefficient (Wildman–Crippen LogP) is -0.256. The summed E-state index contributed by atoms with van der Waals surface area (Å²) in [6, 6.07) is 0. The second-order valence-corrected chi connectivity index (χ2v) is 3.86. The lowest BCUT2D eigenvalue weighted by molar-refractivity contribution is 0.0615. The lowest BCUT2D eigenvalue weighted by atomic mass is 10.2. The number of ether oxygens (including phenoxy) is 1. The largest absolute Gasteiger partial charge is 0.391 e. The molecule has 8 heteroatoms. The zero-order valence-corrected chi connectivity index (χ0v) is 10.1. The van der Waals surface area contributed by atoms with Gasteiger partial charge in [0.25, 0.3) is 0 Å². The third-order valence-electron chi connectivity index (χ3n) is 2.43. The monoisotopic (exact) mass is 252 g/mol. The molecule has 2 rings (SSSR count). The van der Waals surface area contributed by atoms with Gasteiger partial charge in [-0.15, -0.1) is 0 Å². The summed E-state index contributed by atoms with van der Waals surface area (Å²) in [5, 5.41) is 12.6. The van der Waals surface area contributed by atoms with Crippen LogP contribution in [0, 0.1) is 0 Å². The average molecular weight is 252 g/mol. The van der Waals surface area contributed by atoms with Gasteiger partial charge in [0.1, 0.15) is 5.52 Å². The molecule has 1 atom stereocenters. The van der Waals surface area contributed by atoms with Crippen LogP contribution in [0.3, 0.4) is 0 Å². The van der Waals surface area contributed by atoms with Crippen LogP contribution >= 0.6 is 0 Å². The van der Waals surface area contributed by atoms with E-state index < -0.39 is 6.10 Å². The molecule has 2 heterocycles. The molecule has 0 spiro atoms. The Morgan fingerprint density at radius 2 is 2.39 bits per heavy atom. The zero-order chi connectivity index (χ0) is 13.0. The molecule has 8 nitrogen and oxygen atoms in total. The molecule has 2 aromatic heterocycles. The highest BCUT2D eigenvalue weighted by Gasteiger charge is 2.09. The zero-order valence-electron chi connectivity index (χ0n) is 10.1. The lowest BCUT2D eigenvalue weighted by Gasteiger charge is -2.10. The van der Waals surface area contributed by atoms with Crippen LogP contribution in [-0.4, -0.2) is 51.4 Å². The topological polar surface area (TPSA) is 122 Å². The Labute approximate surface area is 104 Å². The SMILES string of the molecule is COCC(O)CCNc1nc(N)nc2nc[nH]c12. The molecule has 1 unspecified atom stereocenters. The maximum absolute atomic E-state index is 9.51. The number of nitrogens with two attached hydrogens (primary N) is 1. The van der Waals surface area contributed by atoms with Crippen molar-refractivity contribution in [1.29, 1.82) is 0 Å². The van der Waals surface area contributed by atoms with Crippen molar-refractivity contribution in [2.75, 3.05) is 31.3 Å². The predicted molar refractivity (Wildman–Crippen MR) is 67.1 cm³/mol. The van der Waals surface area contributed by atoms with E-state index in [4.69, 9.17) is 10.5 Å². The van der Waals surface area contributed by atoms with Crippen molar-refractivity contribution in [3.63, 3.8) is 0 Å². The fraction of sp³-hybridized carbons (Fsp3) is 0.500. The van der Waals surface area contributed by atoms with Gasteiger partial charge < -0.3 is 25.9 Å². The van der Waals surface area contributed by atoms with E-state index in [0.717, 1.165) is 0 Å². The maximum atomic E-state index is 9.51. The van der Waals surface area contributed by atoms with E-state index in [-0.39, 0.29) is 5.95 Å². The van der Waals surface area contributed by atoms with Crippen LogP contribution in [0.25, 0.3) is 11.2 Å². The van der Waals surface area contributed by atoms with Crippen molar-refractivity contribution in [3.05, 3.63) is 6.33 Å². The molecular weight excluding hydrogens is 236 g/mol. The van der Waals surface area contributed by atoms with Gasteiger partial charge in [-0.3, -0.25) is 0 Å². The summed E-state index contributed by atoms with van der Waals surface area (Å²) in [5.41, 5.74) is 6.79. The second-order valence-electron chi connectivity index (χ2n) is 3.86.